The molecule has 1 atom stereocenters. The molecule has 0 saturated carbocycles. The number of ether oxygens (including phenoxy) is 1. The number of allylic oxidation sites excluding steroid dienone is 1. The number of nitrogens with one attached hydrogen (secondary N) is 3. The molecule has 2 aromatic carbocycles. The number of anilines is 1. The standard InChI is InChI=1S/C19H18FN3O3/c1-11-16(18(24)22-14-7-9-15(26-2)10-8-14)17(23-19(25)21-11)12-3-5-13(20)6-4-12/h3-10,17H,1-2H3,(H,22,24)(H2,21,23,25)/t17-/m0/s1. The zero-order valence-corrected chi connectivity index (χ0v) is 14.3. The fraction of sp³-hybridized carbons (Fsp3) is 0.158. The lowest BCUT2D eigenvalue weighted by Gasteiger charge is -2.28. The lowest BCUT2D eigenvalue weighted by Crippen LogP contribution is -2.45. The van der Waals surface area contributed by atoms with Crippen molar-refractivity contribution in [3.63, 3.8) is 0 Å². The molecule has 3 N–H and O–H groups in total. The van der Waals surface area contributed by atoms with Gasteiger partial charge in [0.05, 0.1) is 18.7 Å². The first-order valence-corrected chi connectivity index (χ1v) is 7.97. The molecular formula is C19H18FN3O3. The van der Waals surface area contributed by atoms with Crippen LogP contribution in [0.4, 0.5) is 14.9 Å². The number of carbonyl (C=O) groups is 2. The van der Waals surface area contributed by atoms with E-state index in [4.69, 9.17) is 4.74 Å². The summed E-state index contributed by atoms with van der Waals surface area (Å²) in [6.07, 6.45) is 0. The van der Waals surface area contributed by atoms with E-state index in [1.54, 1.807) is 50.4 Å². The highest BCUT2D eigenvalue weighted by Crippen LogP contribution is 2.28. The van der Waals surface area contributed by atoms with Gasteiger partial charge in [-0.15, -0.1) is 0 Å². The van der Waals surface area contributed by atoms with Gasteiger partial charge in [-0.1, -0.05) is 12.1 Å². The predicted octanol–water partition coefficient (Wildman–Crippen LogP) is 3.10. The van der Waals surface area contributed by atoms with Gasteiger partial charge >= 0.3 is 6.03 Å². The maximum atomic E-state index is 13.2. The Labute approximate surface area is 150 Å². The Morgan fingerprint density at radius 3 is 2.38 bits per heavy atom. The van der Waals surface area contributed by atoms with Crippen molar-refractivity contribution in [3.05, 3.63) is 71.2 Å². The van der Waals surface area contributed by atoms with Gasteiger partial charge in [-0.2, -0.15) is 0 Å². The number of urea groups is 1. The Balaban J connectivity index is 1.89. The molecule has 1 aliphatic heterocycles. The van der Waals surface area contributed by atoms with Gasteiger partial charge in [-0.3, -0.25) is 4.79 Å². The van der Waals surface area contributed by atoms with E-state index < -0.39 is 12.1 Å². The van der Waals surface area contributed by atoms with Crippen molar-refractivity contribution in [2.75, 3.05) is 12.4 Å². The van der Waals surface area contributed by atoms with Crippen molar-refractivity contribution in [2.45, 2.75) is 13.0 Å². The molecule has 1 aliphatic rings. The van der Waals surface area contributed by atoms with Crippen molar-refractivity contribution in [1.29, 1.82) is 0 Å². The van der Waals surface area contributed by atoms with Gasteiger partial charge in [0, 0.05) is 11.4 Å². The molecule has 134 valence electrons. The molecule has 26 heavy (non-hydrogen) atoms. The van der Waals surface area contributed by atoms with E-state index in [1.807, 2.05) is 0 Å². The van der Waals surface area contributed by atoms with Crippen molar-refractivity contribution in [1.82, 2.24) is 10.6 Å². The molecule has 0 bridgehead atoms. The molecule has 0 radical (unpaired) electrons. The summed E-state index contributed by atoms with van der Waals surface area (Å²) in [6, 6.07) is 11.5. The first kappa shape index (κ1) is 17.5. The predicted molar refractivity (Wildman–Crippen MR) is 95.1 cm³/mol. The van der Waals surface area contributed by atoms with Gasteiger partial charge in [0.15, 0.2) is 0 Å². The number of amides is 3. The molecule has 6 nitrogen and oxygen atoms in total. The Kier molecular flexibility index (Phi) is 4.88. The van der Waals surface area contributed by atoms with E-state index in [-0.39, 0.29) is 11.7 Å². The zero-order valence-electron chi connectivity index (χ0n) is 14.3. The average molecular weight is 355 g/mol. The Morgan fingerprint density at radius 1 is 1.12 bits per heavy atom. The third kappa shape index (κ3) is 3.66. The normalized spacial score (nSPS) is 16.6. The lowest BCUT2D eigenvalue weighted by molar-refractivity contribution is -0.113. The number of hydrogen-bond acceptors (Lipinski definition) is 3. The smallest absolute Gasteiger partial charge is 0.319 e. The van der Waals surface area contributed by atoms with Gasteiger partial charge in [0.1, 0.15) is 11.6 Å². The molecule has 0 fully saturated rings. The Bertz CT molecular complexity index is 861. The first-order chi connectivity index (χ1) is 12.5. The number of carbonyl (C=O) groups excluding carboxylic acids is 2. The van der Waals surface area contributed by atoms with Crippen LogP contribution in [0.25, 0.3) is 0 Å². The minimum absolute atomic E-state index is 0.354. The van der Waals surface area contributed by atoms with Gasteiger partial charge in [-0.25, -0.2) is 9.18 Å². The van der Waals surface area contributed by atoms with Crippen LogP contribution in [0.15, 0.2) is 59.8 Å². The van der Waals surface area contributed by atoms with E-state index in [9.17, 15) is 14.0 Å². The molecule has 0 aliphatic carbocycles. The second-order valence-electron chi connectivity index (χ2n) is 5.80. The number of halogens is 1. The van der Waals surface area contributed by atoms with Crippen LogP contribution in [-0.4, -0.2) is 19.0 Å². The Morgan fingerprint density at radius 2 is 1.77 bits per heavy atom. The third-order valence-corrected chi connectivity index (χ3v) is 4.06. The highest BCUT2D eigenvalue weighted by atomic mass is 19.1. The van der Waals surface area contributed by atoms with Crippen LogP contribution in [0.3, 0.4) is 0 Å². The van der Waals surface area contributed by atoms with Gasteiger partial charge < -0.3 is 20.7 Å². The van der Waals surface area contributed by atoms with Gasteiger partial charge in [-0.05, 0) is 48.9 Å². The summed E-state index contributed by atoms with van der Waals surface area (Å²) >= 11 is 0. The van der Waals surface area contributed by atoms with E-state index in [2.05, 4.69) is 16.0 Å². The summed E-state index contributed by atoms with van der Waals surface area (Å²) in [5.41, 5.74) is 1.99. The Hall–Kier alpha value is -3.35. The molecule has 1 heterocycles. The molecule has 0 spiro atoms. The summed E-state index contributed by atoms with van der Waals surface area (Å²) in [5, 5.41) is 8.11. The number of hydrogen-bond donors (Lipinski definition) is 3. The second-order valence-corrected chi connectivity index (χ2v) is 5.80. The summed E-state index contributed by atoms with van der Waals surface area (Å²) in [4.78, 5) is 24.7. The molecule has 0 aromatic heterocycles. The fourth-order valence-corrected chi connectivity index (χ4v) is 2.77. The van der Waals surface area contributed by atoms with Crippen molar-refractivity contribution in [3.8, 4) is 5.75 Å². The number of rotatable bonds is 4. The average Bonchev–Trinajstić information content (AvgIpc) is 2.62. The van der Waals surface area contributed by atoms with E-state index in [0.717, 1.165) is 0 Å². The monoisotopic (exact) mass is 355 g/mol. The van der Waals surface area contributed by atoms with Crippen LogP contribution in [0.5, 0.6) is 5.75 Å². The number of methoxy groups -OCH3 is 1. The molecule has 0 unspecified atom stereocenters. The summed E-state index contributed by atoms with van der Waals surface area (Å²) in [6.45, 7) is 1.65. The van der Waals surface area contributed by atoms with Crippen LogP contribution in [0.1, 0.15) is 18.5 Å². The quantitative estimate of drug-likeness (QED) is 0.788. The highest BCUT2D eigenvalue weighted by molar-refractivity contribution is 6.06. The van der Waals surface area contributed by atoms with Crippen LogP contribution in [0, 0.1) is 5.82 Å². The molecule has 7 heteroatoms. The first-order valence-electron chi connectivity index (χ1n) is 7.97. The third-order valence-electron chi connectivity index (χ3n) is 4.06. The molecule has 3 rings (SSSR count). The number of benzene rings is 2. The second kappa shape index (κ2) is 7.26. The van der Waals surface area contributed by atoms with Crippen LogP contribution in [-0.2, 0) is 4.79 Å². The maximum Gasteiger partial charge on any atom is 0.319 e. The minimum atomic E-state index is -0.678. The topological polar surface area (TPSA) is 79.5 Å². The van der Waals surface area contributed by atoms with Crippen molar-refractivity contribution >= 4 is 17.6 Å². The largest absolute Gasteiger partial charge is 0.497 e. The highest BCUT2D eigenvalue weighted by Gasteiger charge is 2.31. The minimum Gasteiger partial charge on any atom is -0.497 e. The lowest BCUT2D eigenvalue weighted by atomic mass is 9.95. The molecular weight excluding hydrogens is 337 g/mol. The van der Waals surface area contributed by atoms with Gasteiger partial charge in [0.2, 0.25) is 0 Å². The van der Waals surface area contributed by atoms with Crippen molar-refractivity contribution in [2.24, 2.45) is 0 Å². The SMILES string of the molecule is COc1ccc(NC(=O)C2=C(C)NC(=O)N[C@H]2c2ccc(F)cc2)cc1. The van der Waals surface area contributed by atoms with E-state index in [0.29, 0.717) is 28.3 Å². The molecule has 0 saturated heterocycles. The van der Waals surface area contributed by atoms with Crippen LogP contribution >= 0.6 is 0 Å². The van der Waals surface area contributed by atoms with E-state index >= 15 is 0 Å². The van der Waals surface area contributed by atoms with E-state index in [1.165, 1.54) is 12.1 Å². The molecule has 2 aromatic rings. The molecule has 3 amide bonds. The van der Waals surface area contributed by atoms with Gasteiger partial charge in [0.25, 0.3) is 5.91 Å². The van der Waals surface area contributed by atoms with Crippen LogP contribution in [0.2, 0.25) is 0 Å². The summed E-state index contributed by atoms with van der Waals surface area (Å²) in [5.74, 6) is -0.0809. The maximum absolute atomic E-state index is 13.2. The van der Waals surface area contributed by atoms with Crippen molar-refractivity contribution < 1.29 is 18.7 Å². The zero-order chi connectivity index (χ0) is 18.7. The fourth-order valence-electron chi connectivity index (χ4n) is 2.77. The van der Waals surface area contributed by atoms with Crippen LogP contribution < -0.4 is 20.7 Å². The summed E-state index contributed by atoms with van der Waals surface area (Å²) in [7, 11) is 1.56. The summed E-state index contributed by atoms with van der Waals surface area (Å²) < 4.78 is 18.3.